The number of nitrogens with one attached hydrogen (secondary N) is 1. The van der Waals surface area contributed by atoms with Crippen molar-refractivity contribution >= 4 is 0 Å². The van der Waals surface area contributed by atoms with Crippen molar-refractivity contribution < 1.29 is 0 Å². The van der Waals surface area contributed by atoms with Crippen molar-refractivity contribution in [3.8, 4) is 0 Å². The number of nitrogens with zero attached hydrogens (tertiary/aromatic N) is 4. The lowest BCUT2D eigenvalue weighted by Crippen LogP contribution is -2.25. The van der Waals surface area contributed by atoms with Crippen LogP contribution in [-0.4, -0.2) is 45.8 Å². The van der Waals surface area contributed by atoms with E-state index in [0.717, 1.165) is 31.9 Å². The average molecular weight is 263 g/mol. The van der Waals surface area contributed by atoms with E-state index in [-0.39, 0.29) is 0 Å². The summed E-state index contributed by atoms with van der Waals surface area (Å²) in [5.74, 6) is 2.30. The summed E-state index contributed by atoms with van der Waals surface area (Å²) in [7, 11) is 0. The Hall–Kier alpha value is -0.940. The highest BCUT2D eigenvalue weighted by Gasteiger charge is 2.15. The van der Waals surface area contributed by atoms with Crippen molar-refractivity contribution in [1.29, 1.82) is 0 Å². The van der Waals surface area contributed by atoms with Gasteiger partial charge in [0.15, 0.2) is 0 Å². The summed E-state index contributed by atoms with van der Waals surface area (Å²) in [6, 6.07) is 0. The average Bonchev–Trinajstić information content (AvgIpc) is 3.08. The first-order valence-electron chi connectivity index (χ1n) is 7.77. The molecule has 1 saturated heterocycles. The lowest BCUT2D eigenvalue weighted by atomic mass is 10.2. The fourth-order valence-corrected chi connectivity index (χ4v) is 3.13. The highest BCUT2D eigenvalue weighted by Crippen LogP contribution is 2.14. The van der Waals surface area contributed by atoms with Gasteiger partial charge in [-0.15, -0.1) is 10.2 Å². The van der Waals surface area contributed by atoms with Gasteiger partial charge in [-0.05, 0) is 58.3 Å². The highest BCUT2D eigenvalue weighted by molar-refractivity contribution is 4.98. The van der Waals surface area contributed by atoms with E-state index < -0.39 is 0 Å². The fraction of sp³-hybridized carbons (Fsp3) is 0.857. The van der Waals surface area contributed by atoms with Crippen LogP contribution < -0.4 is 5.32 Å². The van der Waals surface area contributed by atoms with Crippen LogP contribution in [0, 0.1) is 0 Å². The van der Waals surface area contributed by atoms with Crippen LogP contribution in [0.4, 0.5) is 0 Å². The van der Waals surface area contributed by atoms with E-state index in [4.69, 9.17) is 0 Å². The maximum atomic E-state index is 4.31. The lowest BCUT2D eigenvalue weighted by molar-refractivity contribution is 0.330. The van der Waals surface area contributed by atoms with E-state index in [9.17, 15) is 0 Å². The fourth-order valence-electron chi connectivity index (χ4n) is 3.13. The Labute approximate surface area is 115 Å². The van der Waals surface area contributed by atoms with Crippen LogP contribution in [-0.2, 0) is 19.5 Å². The molecule has 0 atom stereocenters. The van der Waals surface area contributed by atoms with Gasteiger partial charge in [0.2, 0.25) is 0 Å². The number of aromatic nitrogens is 3. The molecule has 0 radical (unpaired) electrons. The molecule has 0 aliphatic carbocycles. The van der Waals surface area contributed by atoms with Crippen LogP contribution >= 0.6 is 0 Å². The summed E-state index contributed by atoms with van der Waals surface area (Å²) >= 11 is 0. The Morgan fingerprint density at radius 2 is 1.84 bits per heavy atom. The quantitative estimate of drug-likeness (QED) is 0.783. The van der Waals surface area contributed by atoms with Crippen molar-refractivity contribution in [2.24, 2.45) is 0 Å². The molecule has 1 aromatic heterocycles. The molecule has 0 bridgehead atoms. The summed E-state index contributed by atoms with van der Waals surface area (Å²) in [5, 5.41) is 12.1. The maximum absolute atomic E-state index is 4.31. The van der Waals surface area contributed by atoms with Crippen molar-refractivity contribution in [2.75, 3.05) is 26.2 Å². The first kappa shape index (κ1) is 13.1. The minimum Gasteiger partial charge on any atom is -0.314 e. The van der Waals surface area contributed by atoms with Crippen molar-refractivity contribution in [3.63, 3.8) is 0 Å². The maximum Gasteiger partial charge on any atom is 0.147 e. The van der Waals surface area contributed by atoms with Gasteiger partial charge in [0, 0.05) is 13.0 Å². The van der Waals surface area contributed by atoms with E-state index in [2.05, 4.69) is 25.0 Å². The van der Waals surface area contributed by atoms with Crippen LogP contribution in [0.5, 0.6) is 0 Å². The number of hydrogen-bond donors (Lipinski definition) is 1. The van der Waals surface area contributed by atoms with Gasteiger partial charge < -0.3 is 14.8 Å². The monoisotopic (exact) mass is 263 g/mol. The summed E-state index contributed by atoms with van der Waals surface area (Å²) in [6.07, 6.45) is 7.65. The smallest absolute Gasteiger partial charge is 0.147 e. The van der Waals surface area contributed by atoms with Crippen molar-refractivity contribution in [3.05, 3.63) is 11.6 Å². The van der Waals surface area contributed by atoms with Crippen LogP contribution in [0.2, 0.25) is 0 Å². The Morgan fingerprint density at radius 3 is 2.74 bits per heavy atom. The normalized spacial score (nSPS) is 19.8. The summed E-state index contributed by atoms with van der Waals surface area (Å²) in [6.45, 7) is 6.90. The van der Waals surface area contributed by atoms with Crippen molar-refractivity contribution in [2.45, 2.75) is 51.6 Å². The van der Waals surface area contributed by atoms with E-state index in [1.807, 2.05) is 0 Å². The van der Waals surface area contributed by atoms with E-state index in [1.54, 1.807) is 0 Å². The molecule has 3 rings (SSSR count). The number of hydrogen-bond acceptors (Lipinski definition) is 4. The third-order valence-electron chi connectivity index (χ3n) is 4.25. The zero-order valence-electron chi connectivity index (χ0n) is 11.8. The molecule has 106 valence electrons. The third-order valence-corrected chi connectivity index (χ3v) is 4.25. The minimum absolute atomic E-state index is 0.868. The number of aryl methyl sites for hydroxylation is 1. The lowest BCUT2D eigenvalue weighted by Gasteiger charge is -2.16. The Balaban J connectivity index is 1.36. The molecule has 2 aliphatic rings. The van der Waals surface area contributed by atoms with Gasteiger partial charge in [-0.1, -0.05) is 0 Å². The minimum atomic E-state index is 0.868. The molecular weight excluding hydrogens is 238 g/mol. The molecular formula is C14H25N5. The number of rotatable bonds is 6. The topological polar surface area (TPSA) is 46.0 Å². The van der Waals surface area contributed by atoms with Crippen LogP contribution in [0.1, 0.15) is 43.8 Å². The van der Waals surface area contributed by atoms with Crippen LogP contribution in [0.15, 0.2) is 0 Å². The van der Waals surface area contributed by atoms with Gasteiger partial charge in [0.1, 0.15) is 11.6 Å². The molecule has 5 heteroatoms. The molecule has 1 N–H and O–H groups in total. The molecule has 1 fully saturated rings. The molecule has 2 aliphatic heterocycles. The van der Waals surface area contributed by atoms with E-state index in [1.165, 1.54) is 57.6 Å². The van der Waals surface area contributed by atoms with Gasteiger partial charge in [0.05, 0.1) is 6.54 Å². The largest absolute Gasteiger partial charge is 0.314 e. The number of likely N-dealkylation sites (tertiary alicyclic amines) is 1. The van der Waals surface area contributed by atoms with Crippen LogP contribution in [0.25, 0.3) is 0 Å². The predicted molar refractivity (Wildman–Crippen MR) is 75.0 cm³/mol. The highest BCUT2D eigenvalue weighted by atomic mass is 15.3. The number of fused-ring (bicyclic) bond motifs is 1. The molecule has 19 heavy (non-hydrogen) atoms. The predicted octanol–water partition coefficient (Wildman–Crippen LogP) is 1.19. The zero-order valence-corrected chi connectivity index (χ0v) is 11.8. The standard InChI is InChI=1S/C14H25N5/c1-2-11-19-13(6-1)16-17-14(19)12-15-7-5-10-18-8-3-4-9-18/h15H,1-12H2. The third kappa shape index (κ3) is 3.34. The second-order valence-corrected chi connectivity index (χ2v) is 5.72. The van der Waals surface area contributed by atoms with Gasteiger partial charge in [-0.2, -0.15) is 0 Å². The van der Waals surface area contributed by atoms with E-state index >= 15 is 0 Å². The zero-order chi connectivity index (χ0) is 12.9. The Kier molecular flexibility index (Phi) is 4.45. The molecule has 0 aromatic carbocycles. The molecule has 0 spiro atoms. The second-order valence-electron chi connectivity index (χ2n) is 5.72. The van der Waals surface area contributed by atoms with Gasteiger partial charge >= 0.3 is 0 Å². The van der Waals surface area contributed by atoms with Gasteiger partial charge in [0.25, 0.3) is 0 Å². The second kappa shape index (κ2) is 6.48. The Morgan fingerprint density at radius 1 is 1.00 bits per heavy atom. The SMILES string of the molecule is C1CCn2c(nnc2CNCCCN2CCCC2)C1. The summed E-state index contributed by atoms with van der Waals surface area (Å²) in [4.78, 5) is 2.57. The molecule has 0 saturated carbocycles. The Bertz CT molecular complexity index is 395. The van der Waals surface area contributed by atoms with Crippen LogP contribution in [0.3, 0.4) is 0 Å². The van der Waals surface area contributed by atoms with E-state index in [0.29, 0.717) is 0 Å². The van der Waals surface area contributed by atoms with Crippen molar-refractivity contribution in [1.82, 2.24) is 25.0 Å². The molecule has 0 amide bonds. The summed E-state index contributed by atoms with van der Waals surface area (Å²) in [5.41, 5.74) is 0. The van der Waals surface area contributed by atoms with Gasteiger partial charge in [-0.25, -0.2) is 0 Å². The molecule has 1 aromatic rings. The molecule has 5 nitrogen and oxygen atoms in total. The molecule has 0 unspecified atom stereocenters. The first-order valence-corrected chi connectivity index (χ1v) is 7.77. The summed E-state index contributed by atoms with van der Waals surface area (Å²) < 4.78 is 2.30. The molecule has 3 heterocycles. The first-order chi connectivity index (χ1) is 9.43. The van der Waals surface area contributed by atoms with Gasteiger partial charge in [-0.3, -0.25) is 0 Å².